The molecule has 0 unspecified atom stereocenters. The highest BCUT2D eigenvalue weighted by atomic mass is 16.6. The molecule has 0 spiro atoms. The van der Waals surface area contributed by atoms with Crippen LogP contribution in [-0.2, 0) is 4.84 Å². The van der Waals surface area contributed by atoms with Crippen LogP contribution in [0.2, 0.25) is 0 Å². The quantitative estimate of drug-likeness (QED) is 0.285. The average molecular weight is 88.1 g/mol. The van der Waals surface area contributed by atoms with E-state index >= 15 is 0 Å². The smallest absolute Gasteiger partial charge is 0.0572 e. The molecule has 0 amide bonds. The second kappa shape index (κ2) is 4.59. The summed E-state index contributed by atoms with van der Waals surface area (Å²) in [6, 6.07) is 0. The Hall–Kier alpha value is -0.410. The number of rotatable bonds is 3. The van der Waals surface area contributed by atoms with Gasteiger partial charge >= 0.3 is 0 Å². The number of hydrogen-bond acceptors (Lipinski definition) is 3. The minimum Gasteiger partial charge on any atom is -0.312 e. The predicted molar refractivity (Wildman–Crippen MR) is 23.8 cm³/mol. The van der Waals surface area contributed by atoms with Crippen LogP contribution in [0.1, 0.15) is 0 Å². The highest BCUT2D eigenvalue weighted by Gasteiger charge is 1.67. The van der Waals surface area contributed by atoms with Crippen LogP contribution in [0.15, 0.2) is 0 Å². The van der Waals surface area contributed by atoms with Gasteiger partial charge in [0.15, 0.2) is 0 Å². The molecule has 0 fully saturated rings. The Kier molecular flexibility index (Phi) is 4.28. The summed E-state index contributed by atoms with van der Waals surface area (Å²) in [5.41, 5.74) is 2.45. The highest BCUT2D eigenvalue weighted by molar-refractivity contribution is 5.54. The third kappa shape index (κ3) is 3.59. The lowest BCUT2D eigenvalue weighted by Crippen LogP contribution is -2.13. The Labute approximate surface area is 36.8 Å². The molecule has 0 aromatic heterocycles. The van der Waals surface area contributed by atoms with E-state index in [1.54, 1.807) is 0 Å². The third-order valence-electron chi connectivity index (χ3n) is 0.330. The van der Waals surface area contributed by atoms with Gasteiger partial charge in [-0.25, -0.2) is 0 Å². The molecule has 0 rings (SSSR count). The van der Waals surface area contributed by atoms with Gasteiger partial charge in [0.1, 0.15) is 0 Å². The van der Waals surface area contributed by atoms with E-state index in [0.29, 0.717) is 6.54 Å². The summed E-state index contributed by atoms with van der Waals surface area (Å²) in [5, 5.41) is 6.44. The van der Waals surface area contributed by atoms with E-state index < -0.39 is 0 Å². The average Bonchev–Trinajstić information content (AvgIpc) is 1.61. The molecule has 3 nitrogen and oxygen atoms in total. The summed E-state index contributed by atoms with van der Waals surface area (Å²) in [7, 11) is 1.52. The summed E-state index contributed by atoms with van der Waals surface area (Å²) in [5.74, 6) is 0. The minimum absolute atomic E-state index is 0.483. The van der Waals surface area contributed by atoms with Crippen molar-refractivity contribution in [2.24, 2.45) is 0 Å². The lowest BCUT2D eigenvalue weighted by atomic mass is 10.8. The van der Waals surface area contributed by atoms with Crippen molar-refractivity contribution in [1.29, 1.82) is 5.41 Å². The first-order valence-electron chi connectivity index (χ1n) is 1.66. The van der Waals surface area contributed by atoms with Gasteiger partial charge in [0, 0.05) is 6.21 Å². The van der Waals surface area contributed by atoms with Gasteiger partial charge in [-0.3, -0.25) is 0 Å². The fourth-order valence-corrected chi connectivity index (χ4v) is 0.125. The number of hydroxylamine groups is 1. The van der Waals surface area contributed by atoms with Crippen molar-refractivity contribution in [2.75, 3.05) is 13.7 Å². The van der Waals surface area contributed by atoms with E-state index in [0.717, 1.165) is 0 Å². The molecule has 6 heavy (non-hydrogen) atoms. The van der Waals surface area contributed by atoms with Crippen molar-refractivity contribution in [1.82, 2.24) is 5.48 Å². The first-order chi connectivity index (χ1) is 2.91. The van der Waals surface area contributed by atoms with Gasteiger partial charge in [-0.1, -0.05) is 0 Å². The van der Waals surface area contributed by atoms with Crippen LogP contribution in [0.5, 0.6) is 0 Å². The van der Waals surface area contributed by atoms with Crippen molar-refractivity contribution < 1.29 is 4.84 Å². The Bertz CT molecular complexity index is 37.8. The standard InChI is InChI=1S/C3H8N2O/c1-6-5-3-2-4/h2,4-5H,3H2,1H3. The van der Waals surface area contributed by atoms with Gasteiger partial charge in [0.05, 0.1) is 13.7 Å². The van der Waals surface area contributed by atoms with Crippen molar-refractivity contribution >= 4 is 6.21 Å². The molecule has 0 aromatic carbocycles. The summed E-state index contributed by atoms with van der Waals surface area (Å²) in [6.45, 7) is 0.483. The van der Waals surface area contributed by atoms with Crippen molar-refractivity contribution in [3.05, 3.63) is 0 Å². The molecule has 0 saturated heterocycles. The molecule has 0 bridgehead atoms. The van der Waals surface area contributed by atoms with Crippen LogP contribution in [0.3, 0.4) is 0 Å². The fourth-order valence-electron chi connectivity index (χ4n) is 0.125. The van der Waals surface area contributed by atoms with Crippen LogP contribution in [0, 0.1) is 5.41 Å². The first kappa shape index (κ1) is 5.59. The van der Waals surface area contributed by atoms with Crippen LogP contribution < -0.4 is 5.48 Å². The highest BCUT2D eigenvalue weighted by Crippen LogP contribution is 1.46. The molecule has 0 aromatic rings. The molecule has 3 heteroatoms. The minimum atomic E-state index is 0.483. The van der Waals surface area contributed by atoms with E-state index in [1.807, 2.05) is 0 Å². The Balaban J connectivity index is 2.49. The zero-order valence-corrected chi connectivity index (χ0v) is 3.69. The van der Waals surface area contributed by atoms with Crippen LogP contribution >= 0.6 is 0 Å². The van der Waals surface area contributed by atoms with Gasteiger partial charge in [0.25, 0.3) is 0 Å². The SMILES string of the molecule is CONCC=N. The summed E-state index contributed by atoms with van der Waals surface area (Å²) in [4.78, 5) is 4.38. The lowest BCUT2D eigenvalue weighted by molar-refractivity contribution is 0.105. The number of nitrogens with one attached hydrogen (secondary N) is 2. The Morgan fingerprint density at radius 2 is 2.67 bits per heavy atom. The van der Waals surface area contributed by atoms with Crippen molar-refractivity contribution in [3.8, 4) is 0 Å². The van der Waals surface area contributed by atoms with E-state index in [4.69, 9.17) is 5.41 Å². The van der Waals surface area contributed by atoms with E-state index in [9.17, 15) is 0 Å². The third-order valence-corrected chi connectivity index (χ3v) is 0.330. The van der Waals surface area contributed by atoms with Gasteiger partial charge in [-0.15, -0.1) is 0 Å². The Morgan fingerprint density at radius 1 is 2.00 bits per heavy atom. The summed E-state index contributed by atoms with van der Waals surface area (Å²) >= 11 is 0. The maximum Gasteiger partial charge on any atom is 0.0572 e. The largest absolute Gasteiger partial charge is 0.312 e. The Morgan fingerprint density at radius 3 is 2.83 bits per heavy atom. The molecular weight excluding hydrogens is 80.0 g/mol. The van der Waals surface area contributed by atoms with Gasteiger partial charge < -0.3 is 10.2 Å². The molecule has 0 heterocycles. The van der Waals surface area contributed by atoms with Gasteiger partial charge in [-0.05, 0) is 0 Å². The van der Waals surface area contributed by atoms with Gasteiger partial charge in [-0.2, -0.15) is 5.48 Å². The van der Waals surface area contributed by atoms with E-state index in [-0.39, 0.29) is 0 Å². The molecule has 0 atom stereocenters. The molecular formula is C3H8N2O. The van der Waals surface area contributed by atoms with E-state index in [2.05, 4.69) is 10.3 Å². The van der Waals surface area contributed by atoms with Crippen LogP contribution in [0.25, 0.3) is 0 Å². The molecule has 0 aliphatic rings. The topological polar surface area (TPSA) is 45.1 Å². The molecule has 36 valence electrons. The molecule has 2 N–H and O–H groups in total. The second-order valence-corrected chi connectivity index (χ2v) is 0.757. The van der Waals surface area contributed by atoms with Crippen molar-refractivity contribution in [2.45, 2.75) is 0 Å². The van der Waals surface area contributed by atoms with Gasteiger partial charge in [0.2, 0.25) is 0 Å². The maximum absolute atomic E-state index is 6.44. The molecule has 0 aliphatic carbocycles. The van der Waals surface area contributed by atoms with Crippen LogP contribution in [0.4, 0.5) is 0 Å². The maximum atomic E-state index is 6.44. The second-order valence-electron chi connectivity index (χ2n) is 0.757. The fraction of sp³-hybridized carbons (Fsp3) is 0.667. The lowest BCUT2D eigenvalue weighted by Gasteiger charge is -1.89. The van der Waals surface area contributed by atoms with Crippen LogP contribution in [-0.4, -0.2) is 19.9 Å². The summed E-state index contributed by atoms with van der Waals surface area (Å²) < 4.78 is 0. The molecule has 0 aliphatic heterocycles. The molecule has 0 saturated carbocycles. The summed E-state index contributed by atoms with van der Waals surface area (Å²) in [6.07, 6.45) is 1.23. The normalized spacial score (nSPS) is 8.17. The number of hydrogen-bond donors (Lipinski definition) is 2. The molecule has 0 radical (unpaired) electrons. The van der Waals surface area contributed by atoms with E-state index in [1.165, 1.54) is 13.3 Å². The van der Waals surface area contributed by atoms with Crippen molar-refractivity contribution in [3.63, 3.8) is 0 Å². The monoisotopic (exact) mass is 88.1 g/mol. The predicted octanol–water partition coefficient (Wildman–Crippen LogP) is -0.213. The zero-order valence-electron chi connectivity index (χ0n) is 3.69. The first-order valence-corrected chi connectivity index (χ1v) is 1.66. The zero-order chi connectivity index (χ0) is 4.83.